The Balaban J connectivity index is 2.54. The maximum Gasteiger partial charge on any atom is -0.00209 e. The van der Waals surface area contributed by atoms with Crippen molar-refractivity contribution in [2.45, 2.75) is 52.4 Å². The van der Waals surface area contributed by atoms with Gasteiger partial charge in [-0.05, 0) is 44.2 Å². The van der Waals surface area contributed by atoms with Crippen molar-refractivity contribution in [1.29, 1.82) is 0 Å². The SMILES string of the molecule is CCCC1(C(C)CNC)CCCC1. The van der Waals surface area contributed by atoms with E-state index >= 15 is 0 Å². The van der Waals surface area contributed by atoms with Crippen LogP contribution in [-0.4, -0.2) is 13.6 Å². The van der Waals surface area contributed by atoms with E-state index in [0.29, 0.717) is 5.41 Å². The van der Waals surface area contributed by atoms with Gasteiger partial charge >= 0.3 is 0 Å². The van der Waals surface area contributed by atoms with Gasteiger partial charge in [0, 0.05) is 0 Å². The van der Waals surface area contributed by atoms with Crippen LogP contribution in [0.3, 0.4) is 0 Å². The molecular weight excluding hydrogens is 158 g/mol. The predicted octanol–water partition coefficient (Wildman–Crippen LogP) is 3.20. The second-order valence-corrected chi connectivity index (χ2v) is 4.78. The maximum absolute atomic E-state index is 3.33. The Morgan fingerprint density at radius 1 is 1.31 bits per heavy atom. The Bertz CT molecular complexity index is 136. The fraction of sp³-hybridized carbons (Fsp3) is 1.00. The van der Waals surface area contributed by atoms with Gasteiger partial charge in [0.2, 0.25) is 0 Å². The lowest BCUT2D eigenvalue weighted by Gasteiger charge is -2.35. The highest BCUT2D eigenvalue weighted by Crippen LogP contribution is 2.47. The van der Waals surface area contributed by atoms with Gasteiger partial charge in [-0.2, -0.15) is 0 Å². The van der Waals surface area contributed by atoms with Gasteiger partial charge in [-0.15, -0.1) is 0 Å². The molecule has 0 aromatic rings. The minimum atomic E-state index is 0.692. The van der Waals surface area contributed by atoms with Gasteiger partial charge in [0.15, 0.2) is 0 Å². The van der Waals surface area contributed by atoms with E-state index in [2.05, 4.69) is 26.2 Å². The summed E-state index contributed by atoms with van der Waals surface area (Å²) in [6, 6.07) is 0. The summed E-state index contributed by atoms with van der Waals surface area (Å²) in [5, 5.41) is 3.33. The predicted molar refractivity (Wildman–Crippen MR) is 58.9 cm³/mol. The number of nitrogens with one attached hydrogen (secondary N) is 1. The molecule has 0 amide bonds. The molecule has 1 N–H and O–H groups in total. The van der Waals surface area contributed by atoms with Crippen LogP contribution in [0.5, 0.6) is 0 Å². The smallest absolute Gasteiger partial charge is 0.00209 e. The fourth-order valence-corrected chi connectivity index (χ4v) is 3.09. The first-order valence-electron chi connectivity index (χ1n) is 5.90. The van der Waals surface area contributed by atoms with Gasteiger partial charge in [0.1, 0.15) is 0 Å². The van der Waals surface area contributed by atoms with Gasteiger partial charge in [-0.25, -0.2) is 0 Å². The van der Waals surface area contributed by atoms with Crippen LogP contribution in [0.1, 0.15) is 52.4 Å². The molecule has 1 heteroatoms. The summed E-state index contributed by atoms with van der Waals surface area (Å²) in [4.78, 5) is 0. The average molecular weight is 183 g/mol. The minimum absolute atomic E-state index is 0.692. The molecule has 0 aromatic carbocycles. The zero-order chi connectivity index (χ0) is 9.73. The zero-order valence-electron chi connectivity index (χ0n) is 9.53. The molecule has 0 aromatic heterocycles. The quantitative estimate of drug-likeness (QED) is 0.690. The molecule has 0 bridgehead atoms. The van der Waals surface area contributed by atoms with Crippen molar-refractivity contribution in [3.63, 3.8) is 0 Å². The number of rotatable bonds is 5. The van der Waals surface area contributed by atoms with E-state index in [-0.39, 0.29) is 0 Å². The lowest BCUT2D eigenvalue weighted by molar-refractivity contribution is 0.161. The third-order valence-electron chi connectivity index (χ3n) is 3.90. The molecule has 1 atom stereocenters. The Hall–Kier alpha value is -0.0400. The molecule has 78 valence electrons. The minimum Gasteiger partial charge on any atom is -0.319 e. The average Bonchev–Trinajstić information content (AvgIpc) is 2.55. The molecule has 13 heavy (non-hydrogen) atoms. The van der Waals surface area contributed by atoms with Crippen LogP contribution >= 0.6 is 0 Å². The maximum atomic E-state index is 3.33. The van der Waals surface area contributed by atoms with Crippen LogP contribution in [0, 0.1) is 11.3 Å². The Labute approximate surface area is 83.3 Å². The molecule has 0 aliphatic heterocycles. The number of hydrogen-bond acceptors (Lipinski definition) is 1. The van der Waals surface area contributed by atoms with Crippen LogP contribution in [0.15, 0.2) is 0 Å². The summed E-state index contributed by atoms with van der Waals surface area (Å²) >= 11 is 0. The molecular formula is C12H25N. The van der Waals surface area contributed by atoms with Gasteiger partial charge in [0.05, 0.1) is 0 Å². The summed E-state index contributed by atoms with van der Waals surface area (Å²) in [5.74, 6) is 0.861. The molecule has 1 rings (SSSR count). The molecule has 1 fully saturated rings. The summed E-state index contributed by atoms with van der Waals surface area (Å²) in [7, 11) is 2.07. The molecule has 0 saturated heterocycles. The zero-order valence-corrected chi connectivity index (χ0v) is 9.53. The summed E-state index contributed by atoms with van der Waals surface area (Å²) in [6.07, 6.45) is 8.68. The topological polar surface area (TPSA) is 12.0 Å². The van der Waals surface area contributed by atoms with Crippen molar-refractivity contribution < 1.29 is 0 Å². The molecule has 0 radical (unpaired) electrons. The van der Waals surface area contributed by atoms with Crippen molar-refractivity contribution in [3.8, 4) is 0 Å². The lowest BCUT2D eigenvalue weighted by Crippen LogP contribution is -2.32. The third-order valence-corrected chi connectivity index (χ3v) is 3.90. The normalized spacial score (nSPS) is 23.3. The van der Waals surface area contributed by atoms with Gasteiger partial charge in [-0.3, -0.25) is 0 Å². The summed E-state index contributed by atoms with van der Waals surface area (Å²) in [5.41, 5.74) is 0.692. The lowest BCUT2D eigenvalue weighted by atomic mass is 9.71. The van der Waals surface area contributed by atoms with Gasteiger partial charge in [-0.1, -0.05) is 33.1 Å². The Morgan fingerprint density at radius 2 is 1.92 bits per heavy atom. The van der Waals surface area contributed by atoms with E-state index in [1.165, 1.54) is 45.1 Å². The van der Waals surface area contributed by atoms with Crippen LogP contribution in [0.25, 0.3) is 0 Å². The van der Waals surface area contributed by atoms with Crippen molar-refractivity contribution >= 4 is 0 Å². The van der Waals surface area contributed by atoms with Crippen molar-refractivity contribution in [2.75, 3.05) is 13.6 Å². The molecule has 1 saturated carbocycles. The van der Waals surface area contributed by atoms with E-state index < -0.39 is 0 Å². The van der Waals surface area contributed by atoms with Crippen LogP contribution in [0.4, 0.5) is 0 Å². The first kappa shape index (κ1) is 11.0. The second kappa shape index (κ2) is 4.99. The highest BCUT2D eigenvalue weighted by Gasteiger charge is 2.37. The highest BCUT2D eigenvalue weighted by molar-refractivity contribution is 4.89. The standard InChI is InChI=1S/C12H25N/c1-4-7-12(8-5-6-9-12)11(2)10-13-3/h11,13H,4-10H2,1-3H3. The third kappa shape index (κ3) is 2.46. The second-order valence-electron chi connectivity index (χ2n) is 4.78. The van der Waals surface area contributed by atoms with E-state index in [0.717, 1.165) is 5.92 Å². The molecule has 0 spiro atoms. The van der Waals surface area contributed by atoms with Crippen molar-refractivity contribution in [3.05, 3.63) is 0 Å². The van der Waals surface area contributed by atoms with Crippen LogP contribution in [-0.2, 0) is 0 Å². The molecule has 1 aliphatic rings. The monoisotopic (exact) mass is 183 g/mol. The van der Waals surface area contributed by atoms with E-state index in [1.54, 1.807) is 0 Å². The van der Waals surface area contributed by atoms with Crippen molar-refractivity contribution in [2.24, 2.45) is 11.3 Å². The molecule has 1 nitrogen and oxygen atoms in total. The summed E-state index contributed by atoms with van der Waals surface area (Å²) in [6.45, 7) is 5.95. The highest BCUT2D eigenvalue weighted by atomic mass is 14.8. The molecule has 0 heterocycles. The first-order chi connectivity index (χ1) is 6.25. The number of hydrogen-bond donors (Lipinski definition) is 1. The van der Waals surface area contributed by atoms with Gasteiger partial charge in [0.25, 0.3) is 0 Å². The van der Waals surface area contributed by atoms with E-state index in [1.807, 2.05) is 0 Å². The fourth-order valence-electron chi connectivity index (χ4n) is 3.09. The van der Waals surface area contributed by atoms with Crippen LogP contribution < -0.4 is 5.32 Å². The van der Waals surface area contributed by atoms with Crippen LogP contribution in [0.2, 0.25) is 0 Å². The molecule has 1 aliphatic carbocycles. The summed E-state index contributed by atoms with van der Waals surface area (Å²) < 4.78 is 0. The molecule has 1 unspecified atom stereocenters. The van der Waals surface area contributed by atoms with E-state index in [9.17, 15) is 0 Å². The van der Waals surface area contributed by atoms with E-state index in [4.69, 9.17) is 0 Å². The Morgan fingerprint density at radius 3 is 2.38 bits per heavy atom. The first-order valence-corrected chi connectivity index (χ1v) is 5.90. The van der Waals surface area contributed by atoms with Gasteiger partial charge < -0.3 is 5.32 Å². The van der Waals surface area contributed by atoms with Crippen molar-refractivity contribution in [1.82, 2.24) is 5.32 Å². The Kier molecular flexibility index (Phi) is 4.24. The largest absolute Gasteiger partial charge is 0.319 e.